The van der Waals surface area contributed by atoms with Crippen LogP contribution in [0.3, 0.4) is 0 Å². The van der Waals surface area contributed by atoms with E-state index in [1.165, 1.54) is 0 Å². The fraction of sp³-hybridized carbons (Fsp3) is 0.100. The Morgan fingerprint density at radius 1 is 1.33 bits per heavy atom. The zero-order chi connectivity index (χ0) is 8.55. The Kier molecular flexibility index (Phi) is 1.54. The van der Waals surface area contributed by atoms with Gasteiger partial charge in [0.25, 0.3) is 0 Å². The predicted molar refractivity (Wildman–Crippen MR) is 49.0 cm³/mol. The molecule has 2 nitrogen and oxygen atoms in total. The smallest absolute Gasteiger partial charge is 0.116 e. The van der Waals surface area contributed by atoms with Gasteiger partial charge < -0.3 is 10.1 Å². The van der Waals surface area contributed by atoms with E-state index in [0.717, 1.165) is 23.0 Å². The third kappa shape index (κ3) is 1.05. The van der Waals surface area contributed by atoms with Crippen LogP contribution >= 0.6 is 0 Å². The largest absolute Gasteiger partial charge is 0.508 e. The van der Waals surface area contributed by atoms with Crippen molar-refractivity contribution in [3.05, 3.63) is 36.9 Å². The number of H-pyrrole nitrogens is 1. The summed E-state index contributed by atoms with van der Waals surface area (Å²) < 4.78 is 0. The first kappa shape index (κ1) is 7.22. The molecule has 61 valence electrons. The van der Waals surface area contributed by atoms with Gasteiger partial charge in [-0.3, -0.25) is 0 Å². The van der Waals surface area contributed by atoms with E-state index in [-0.39, 0.29) is 0 Å². The zero-order valence-corrected chi connectivity index (χ0v) is 6.67. The van der Waals surface area contributed by atoms with Crippen LogP contribution in [-0.2, 0) is 6.42 Å². The highest BCUT2D eigenvalue weighted by molar-refractivity contribution is 5.81. The molecule has 12 heavy (non-hydrogen) atoms. The number of fused-ring (bicyclic) bond motifs is 1. The lowest BCUT2D eigenvalue weighted by Crippen LogP contribution is -1.75. The van der Waals surface area contributed by atoms with Crippen LogP contribution in [0.1, 0.15) is 5.69 Å². The van der Waals surface area contributed by atoms with Gasteiger partial charge in [0.15, 0.2) is 0 Å². The zero-order valence-electron chi connectivity index (χ0n) is 6.67. The average Bonchev–Trinajstić information content (AvgIpc) is 2.46. The Bertz CT molecular complexity index is 403. The van der Waals surface area contributed by atoms with Crippen LogP contribution in [0.5, 0.6) is 5.75 Å². The molecule has 0 amide bonds. The molecule has 1 aromatic carbocycles. The number of phenols is 1. The van der Waals surface area contributed by atoms with Crippen LogP contribution in [0.15, 0.2) is 24.3 Å². The molecular formula is C10H10NO. The fourth-order valence-corrected chi connectivity index (χ4v) is 1.31. The first-order valence-corrected chi connectivity index (χ1v) is 3.89. The van der Waals surface area contributed by atoms with Gasteiger partial charge in [0.1, 0.15) is 5.75 Å². The third-order valence-electron chi connectivity index (χ3n) is 1.93. The first-order chi connectivity index (χ1) is 5.79. The van der Waals surface area contributed by atoms with Crippen LogP contribution in [0.25, 0.3) is 10.9 Å². The highest BCUT2D eigenvalue weighted by atomic mass is 16.3. The molecule has 0 aliphatic rings. The van der Waals surface area contributed by atoms with Crippen LogP contribution in [0, 0.1) is 6.92 Å². The lowest BCUT2D eigenvalue weighted by molar-refractivity contribution is 0.476. The quantitative estimate of drug-likeness (QED) is 0.659. The Hall–Kier alpha value is -1.44. The predicted octanol–water partition coefficient (Wildman–Crippen LogP) is 2.25. The highest BCUT2D eigenvalue weighted by Crippen LogP contribution is 2.20. The molecule has 0 bridgehead atoms. The van der Waals surface area contributed by atoms with Crippen molar-refractivity contribution in [2.75, 3.05) is 0 Å². The summed E-state index contributed by atoms with van der Waals surface area (Å²) in [6.07, 6.45) is 0.745. The summed E-state index contributed by atoms with van der Waals surface area (Å²) in [4.78, 5) is 3.20. The summed E-state index contributed by atoms with van der Waals surface area (Å²) in [5, 5.41) is 10.2. The van der Waals surface area contributed by atoms with Crippen molar-refractivity contribution in [3.8, 4) is 5.75 Å². The Labute approximate surface area is 70.8 Å². The molecule has 1 radical (unpaired) electrons. The van der Waals surface area contributed by atoms with Crippen molar-refractivity contribution >= 4 is 10.9 Å². The monoisotopic (exact) mass is 160 g/mol. The van der Waals surface area contributed by atoms with Gasteiger partial charge >= 0.3 is 0 Å². The van der Waals surface area contributed by atoms with Gasteiger partial charge in [-0.1, -0.05) is 0 Å². The third-order valence-corrected chi connectivity index (χ3v) is 1.93. The molecule has 2 aromatic rings. The van der Waals surface area contributed by atoms with E-state index >= 15 is 0 Å². The van der Waals surface area contributed by atoms with Crippen LogP contribution < -0.4 is 0 Å². The maximum Gasteiger partial charge on any atom is 0.116 e. The topological polar surface area (TPSA) is 36.0 Å². The van der Waals surface area contributed by atoms with Gasteiger partial charge in [-0.2, -0.15) is 0 Å². The van der Waals surface area contributed by atoms with Crippen molar-refractivity contribution in [3.63, 3.8) is 0 Å². The number of hydrogen-bond donors (Lipinski definition) is 2. The molecule has 0 atom stereocenters. The molecule has 0 saturated carbocycles. The highest BCUT2D eigenvalue weighted by Gasteiger charge is 1.98. The van der Waals surface area contributed by atoms with Gasteiger partial charge in [-0.25, -0.2) is 0 Å². The van der Waals surface area contributed by atoms with Crippen molar-refractivity contribution in [1.82, 2.24) is 4.98 Å². The van der Waals surface area contributed by atoms with E-state index in [0.29, 0.717) is 5.75 Å². The summed E-state index contributed by atoms with van der Waals surface area (Å²) in [5.74, 6) is 0.303. The maximum absolute atomic E-state index is 9.18. The Balaban J connectivity index is 2.67. The van der Waals surface area contributed by atoms with E-state index in [1.807, 2.05) is 12.1 Å². The van der Waals surface area contributed by atoms with E-state index in [1.54, 1.807) is 12.1 Å². The molecular weight excluding hydrogens is 150 g/mol. The molecule has 1 aromatic heterocycles. The SMILES string of the molecule is [CH2]Cc1cc2cc(O)ccc2[nH]1. The fourth-order valence-electron chi connectivity index (χ4n) is 1.31. The lowest BCUT2D eigenvalue weighted by Gasteiger charge is -1.89. The van der Waals surface area contributed by atoms with Gasteiger partial charge in [0.2, 0.25) is 0 Å². The van der Waals surface area contributed by atoms with E-state index in [9.17, 15) is 5.11 Å². The van der Waals surface area contributed by atoms with Crippen molar-refractivity contribution < 1.29 is 5.11 Å². The molecule has 0 unspecified atom stereocenters. The first-order valence-electron chi connectivity index (χ1n) is 3.89. The summed E-state index contributed by atoms with van der Waals surface area (Å²) in [6, 6.07) is 7.28. The van der Waals surface area contributed by atoms with Crippen LogP contribution in [-0.4, -0.2) is 10.1 Å². The second-order valence-corrected chi connectivity index (χ2v) is 2.82. The summed E-state index contributed by atoms with van der Waals surface area (Å²) >= 11 is 0. The van der Waals surface area contributed by atoms with Crippen molar-refractivity contribution in [2.24, 2.45) is 0 Å². The van der Waals surface area contributed by atoms with Gasteiger partial charge in [-0.05, 0) is 37.6 Å². The molecule has 2 N–H and O–H groups in total. The number of aromatic nitrogens is 1. The van der Waals surface area contributed by atoms with E-state index < -0.39 is 0 Å². The molecule has 0 fully saturated rings. The number of aromatic hydroxyl groups is 1. The summed E-state index contributed by atoms with van der Waals surface area (Å²) in [5.41, 5.74) is 2.14. The number of hydrogen-bond acceptors (Lipinski definition) is 1. The number of phenolic OH excluding ortho intramolecular Hbond substituents is 1. The van der Waals surface area contributed by atoms with Crippen LogP contribution in [0.2, 0.25) is 0 Å². The second kappa shape index (κ2) is 2.55. The molecule has 2 heteroatoms. The molecule has 0 aliphatic carbocycles. The van der Waals surface area contributed by atoms with Crippen LogP contribution in [0.4, 0.5) is 0 Å². The van der Waals surface area contributed by atoms with E-state index in [4.69, 9.17) is 0 Å². The second-order valence-electron chi connectivity index (χ2n) is 2.82. The summed E-state index contributed by atoms with van der Waals surface area (Å²) in [7, 11) is 0. The van der Waals surface area contributed by atoms with E-state index in [2.05, 4.69) is 11.9 Å². The number of benzene rings is 1. The molecule has 0 spiro atoms. The summed E-state index contributed by atoms with van der Waals surface area (Å²) in [6.45, 7) is 3.78. The van der Waals surface area contributed by atoms with Gasteiger partial charge in [-0.15, -0.1) is 0 Å². The van der Waals surface area contributed by atoms with Gasteiger partial charge in [0.05, 0.1) is 0 Å². The Morgan fingerprint density at radius 3 is 2.92 bits per heavy atom. The minimum Gasteiger partial charge on any atom is -0.508 e. The van der Waals surface area contributed by atoms with Crippen molar-refractivity contribution in [2.45, 2.75) is 6.42 Å². The lowest BCUT2D eigenvalue weighted by atomic mass is 10.2. The molecule has 0 saturated heterocycles. The number of nitrogens with one attached hydrogen (secondary N) is 1. The minimum atomic E-state index is 0.303. The minimum absolute atomic E-state index is 0.303. The van der Waals surface area contributed by atoms with Gasteiger partial charge in [0, 0.05) is 16.6 Å². The Morgan fingerprint density at radius 2 is 2.17 bits per heavy atom. The van der Waals surface area contributed by atoms with Crippen molar-refractivity contribution in [1.29, 1.82) is 0 Å². The molecule has 2 rings (SSSR count). The normalized spacial score (nSPS) is 10.8. The number of aromatic amines is 1. The average molecular weight is 160 g/mol. The molecule has 0 aliphatic heterocycles. The maximum atomic E-state index is 9.18. The standard InChI is InChI=1S/C10H10NO/c1-2-8-5-7-6-9(12)3-4-10(7)11-8/h3-6,11-12H,1-2H2. The molecule has 1 heterocycles. The number of rotatable bonds is 1.